The van der Waals surface area contributed by atoms with Gasteiger partial charge in [0, 0.05) is 5.92 Å². The van der Waals surface area contributed by atoms with Gasteiger partial charge < -0.3 is 9.52 Å². The van der Waals surface area contributed by atoms with Crippen LogP contribution in [-0.2, 0) is 10.9 Å². The number of rotatable bonds is 4. The van der Waals surface area contributed by atoms with Gasteiger partial charge in [0.25, 0.3) is 0 Å². The monoisotopic (exact) mass is 349 g/mol. The zero-order valence-corrected chi connectivity index (χ0v) is 13.6. The van der Waals surface area contributed by atoms with E-state index in [1.54, 1.807) is 6.20 Å². The number of allylic oxidation sites excluding steroid dienone is 4. The van der Waals surface area contributed by atoms with Crippen molar-refractivity contribution in [2.24, 2.45) is 5.92 Å². The number of oxazole rings is 1. The average molecular weight is 350 g/mol. The van der Waals surface area contributed by atoms with Gasteiger partial charge in [0.2, 0.25) is 5.89 Å². The van der Waals surface area contributed by atoms with Gasteiger partial charge in [0.1, 0.15) is 5.76 Å². The van der Waals surface area contributed by atoms with Crippen LogP contribution in [0.4, 0.5) is 0 Å². The van der Waals surface area contributed by atoms with Crippen molar-refractivity contribution in [1.82, 2.24) is 4.98 Å². The van der Waals surface area contributed by atoms with Crippen LogP contribution in [0.3, 0.4) is 0 Å². The summed E-state index contributed by atoms with van der Waals surface area (Å²) in [5.41, 5.74) is -0.207. The van der Waals surface area contributed by atoms with Crippen LogP contribution >= 0.6 is 15.9 Å². The van der Waals surface area contributed by atoms with Crippen molar-refractivity contribution in [1.29, 1.82) is 0 Å². The average Bonchev–Trinajstić information content (AvgIpc) is 3.13. The Morgan fingerprint density at radius 3 is 2.86 bits per heavy atom. The number of aromatic nitrogens is 1. The SMILES string of the molecule is OC(C1=CCC=CC=C1)(c1ncc(CBr)o1)C1CCCC1. The first kappa shape index (κ1) is 14.8. The summed E-state index contributed by atoms with van der Waals surface area (Å²) in [6.45, 7) is 0. The summed E-state index contributed by atoms with van der Waals surface area (Å²) in [5.74, 6) is 1.35. The maximum atomic E-state index is 11.5. The van der Waals surface area contributed by atoms with Crippen LogP contribution in [0.15, 0.2) is 46.6 Å². The summed E-state index contributed by atoms with van der Waals surface area (Å²) in [6, 6.07) is 0. The van der Waals surface area contributed by atoms with Crippen LogP contribution in [0.1, 0.15) is 43.8 Å². The quantitative estimate of drug-likeness (QED) is 0.820. The highest BCUT2D eigenvalue weighted by atomic mass is 79.9. The molecule has 1 heterocycles. The van der Waals surface area contributed by atoms with Gasteiger partial charge in [-0.15, -0.1) is 0 Å². The zero-order valence-electron chi connectivity index (χ0n) is 12.0. The van der Waals surface area contributed by atoms with Crippen molar-refractivity contribution in [2.45, 2.75) is 43.0 Å². The first-order chi connectivity index (χ1) is 10.2. The zero-order chi connectivity index (χ0) is 14.7. The molecule has 21 heavy (non-hydrogen) atoms. The van der Waals surface area contributed by atoms with E-state index in [0.717, 1.165) is 43.4 Å². The van der Waals surface area contributed by atoms with Gasteiger partial charge in [-0.1, -0.05) is 59.2 Å². The van der Waals surface area contributed by atoms with E-state index in [-0.39, 0.29) is 5.92 Å². The van der Waals surface area contributed by atoms with Crippen molar-refractivity contribution in [3.05, 3.63) is 53.8 Å². The van der Waals surface area contributed by atoms with Crippen molar-refractivity contribution in [2.75, 3.05) is 0 Å². The predicted octanol–water partition coefficient (Wildman–Crippen LogP) is 4.39. The third-order valence-electron chi connectivity index (χ3n) is 4.39. The lowest BCUT2D eigenvalue weighted by molar-refractivity contribution is -0.00747. The van der Waals surface area contributed by atoms with E-state index < -0.39 is 5.60 Å². The summed E-state index contributed by atoms with van der Waals surface area (Å²) in [4.78, 5) is 4.37. The van der Waals surface area contributed by atoms with Crippen LogP contribution in [-0.4, -0.2) is 10.1 Å². The topological polar surface area (TPSA) is 46.3 Å². The van der Waals surface area contributed by atoms with Crippen LogP contribution < -0.4 is 0 Å². The Bertz CT molecular complexity index is 581. The second kappa shape index (κ2) is 6.32. The standard InChI is InChI=1S/C17H20BrNO2/c18-11-15-12-19-16(21-15)17(20,14-9-5-6-10-14)13-7-3-1-2-4-8-13/h1-3,7-8,12,14,20H,4-6,9-11H2. The van der Waals surface area contributed by atoms with E-state index in [1.807, 2.05) is 18.2 Å². The fraction of sp³-hybridized carbons (Fsp3) is 0.471. The second-order valence-electron chi connectivity index (χ2n) is 5.70. The van der Waals surface area contributed by atoms with Crippen molar-refractivity contribution in [3.8, 4) is 0 Å². The Kier molecular flexibility index (Phi) is 4.45. The number of aliphatic hydroxyl groups is 1. The molecule has 1 saturated carbocycles. The molecule has 0 amide bonds. The fourth-order valence-corrected chi connectivity index (χ4v) is 3.54. The lowest BCUT2D eigenvalue weighted by Gasteiger charge is -2.32. The van der Waals surface area contributed by atoms with Crippen LogP contribution in [0.2, 0.25) is 0 Å². The van der Waals surface area contributed by atoms with E-state index in [4.69, 9.17) is 4.42 Å². The van der Waals surface area contributed by atoms with E-state index in [9.17, 15) is 5.11 Å². The third-order valence-corrected chi connectivity index (χ3v) is 4.95. The molecule has 3 nitrogen and oxygen atoms in total. The summed E-state index contributed by atoms with van der Waals surface area (Å²) in [6.07, 6.45) is 17.0. The number of hydrogen-bond donors (Lipinski definition) is 1. The molecule has 1 unspecified atom stereocenters. The summed E-state index contributed by atoms with van der Waals surface area (Å²) in [5, 5.41) is 12.1. The minimum Gasteiger partial charge on any atom is -0.441 e. The van der Waals surface area contributed by atoms with Crippen molar-refractivity contribution in [3.63, 3.8) is 0 Å². The van der Waals surface area contributed by atoms with E-state index in [2.05, 4.69) is 33.1 Å². The van der Waals surface area contributed by atoms with Gasteiger partial charge in [0.05, 0.1) is 11.5 Å². The molecule has 0 aromatic carbocycles. The Morgan fingerprint density at radius 1 is 1.33 bits per heavy atom. The normalized spacial score (nSPS) is 22.1. The molecule has 0 bridgehead atoms. The minimum absolute atomic E-state index is 0.174. The number of alkyl halides is 1. The van der Waals surface area contributed by atoms with Crippen LogP contribution in [0, 0.1) is 5.92 Å². The van der Waals surface area contributed by atoms with Crippen LogP contribution in [0.25, 0.3) is 0 Å². The Balaban J connectivity index is 2.03. The summed E-state index contributed by atoms with van der Waals surface area (Å²) in [7, 11) is 0. The minimum atomic E-state index is -1.11. The highest BCUT2D eigenvalue weighted by Gasteiger charge is 2.46. The lowest BCUT2D eigenvalue weighted by Crippen LogP contribution is -2.36. The first-order valence-corrected chi connectivity index (χ1v) is 8.64. The highest BCUT2D eigenvalue weighted by Crippen LogP contribution is 2.45. The fourth-order valence-electron chi connectivity index (χ4n) is 3.28. The number of hydrogen-bond acceptors (Lipinski definition) is 3. The molecule has 1 atom stereocenters. The Hall–Kier alpha value is -1.13. The van der Waals surface area contributed by atoms with Crippen LogP contribution in [0.5, 0.6) is 0 Å². The molecule has 1 aromatic rings. The van der Waals surface area contributed by atoms with Gasteiger partial charge in [0.15, 0.2) is 5.60 Å². The molecule has 0 radical (unpaired) electrons. The summed E-state index contributed by atoms with van der Waals surface area (Å²) < 4.78 is 5.80. The number of halogens is 1. The molecule has 4 heteroatoms. The molecule has 1 aromatic heterocycles. The molecule has 0 spiro atoms. The maximum Gasteiger partial charge on any atom is 0.231 e. The van der Waals surface area contributed by atoms with Crippen molar-refractivity contribution >= 4 is 15.9 Å². The van der Waals surface area contributed by atoms with Gasteiger partial charge >= 0.3 is 0 Å². The largest absolute Gasteiger partial charge is 0.441 e. The first-order valence-electron chi connectivity index (χ1n) is 7.52. The highest BCUT2D eigenvalue weighted by molar-refractivity contribution is 9.08. The van der Waals surface area contributed by atoms with E-state index in [0.29, 0.717) is 11.2 Å². The lowest BCUT2D eigenvalue weighted by atomic mass is 9.79. The Morgan fingerprint density at radius 2 is 2.14 bits per heavy atom. The molecular weight excluding hydrogens is 330 g/mol. The molecular formula is C17H20BrNO2. The maximum absolute atomic E-state index is 11.5. The molecule has 1 N–H and O–H groups in total. The van der Waals surface area contributed by atoms with Gasteiger partial charge in [-0.3, -0.25) is 0 Å². The molecule has 0 saturated heterocycles. The molecule has 112 valence electrons. The number of nitrogens with zero attached hydrogens (tertiary/aromatic N) is 1. The Labute approximate surface area is 133 Å². The third kappa shape index (κ3) is 2.79. The second-order valence-corrected chi connectivity index (χ2v) is 6.26. The summed E-state index contributed by atoms with van der Waals surface area (Å²) >= 11 is 3.38. The predicted molar refractivity (Wildman–Crippen MR) is 86.0 cm³/mol. The van der Waals surface area contributed by atoms with Gasteiger partial charge in [-0.25, -0.2) is 4.98 Å². The smallest absolute Gasteiger partial charge is 0.231 e. The van der Waals surface area contributed by atoms with E-state index in [1.165, 1.54) is 0 Å². The molecule has 2 aliphatic rings. The molecule has 0 aliphatic heterocycles. The van der Waals surface area contributed by atoms with Gasteiger partial charge in [-0.2, -0.15) is 0 Å². The molecule has 2 aliphatic carbocycles. The van der Waals surface area contributed by atoms with Crippen molar-refractivity contribution < 1.29 is 9.52 Å². The van der Waals surface area contributed by atoms with E-state index >= 15 is 0 Å². The molecule has 3 rings (SSSR count). The molecule has 1 fully saturated rings. The van der Waals surface area contributed by atoms with Gasteiger partial charge in [-0.05, 0) is 24.8 Å².